The standard InChI is InChI=1S/C14H26N2O3/c1-2-5-11(8-13(17)18)16-14(19)12-7-4-3-6-10(12)9-15/h10-12H,2-9,15H2,1H3,(H,16,19)(H,17,18). The summed E-state index contributed by atoms with van der Waals surface area (Å²) >= 11 is 0. The van der Waals surface area contributed by atoms with E-state index in [0.717, 1.165) is 32.1 Å². The molecule has 5 heteroatoms. The van der Waals surface area contributed by atoms with Crippen molar-refractivity contribution >= 4 is 11.9 Å². The van der Waals surface area contributed by atoms with E-state index in [-0.39, 0.29) is 30.2 Å². The molecule has 0 aromatic carbocycles. The molecule has 3 atom stereocenters. The minimum Gasteiger partial charge on any atom is -0.481 e. The Balaban J connectivity index is 2.56. The number of amides is 1. The highest BCUT2D eigenvalue weighted by Crippen LogP contribution is 2.29. The van der Waals surface area contributed by atoms with E-state index in [9.17, 15) is 9.59 Å². The predicted octanol–water partition coefficient (Wildman–Crippen LogP) is 1.51. The molecule has 0 aromatic rings. The van der Waals surface area contributed by atoms with Gasteiger partial charge in [-0.15, -0.1) is 0 Å². The highest BCUT2D eigenvalue weighted by atomic mass is 16.4. The summed E-state index contributed by atoms with van der Waals surface area (Å²) < 4.78 is 0. The fraction of sp³-hybridized carbons (Fsp3) is 0.857. The molecular weight excluding hydrogens is 244 g/mol. The van der Waals surface area contributed by atoms with Gasteiger partial charge >= 0.3 is 5.97 Å². The number of rotatable bonds is 7. The molecule has 0 heterocycles. The summed E-state index contributed by atoms with van der Waals surface area (Å²) in [6.07, 6.45) is 5.65. The monoisotopic (exact) mass is 270 g/mol. The highest BCUT2D eigenvalue weighted by molar-refractivity contribution is 5.80. The first-order valence-electron chi connectivity index (χ1n) is 7.30. The van der Waals surface area contributed by atoms with E-state index in [0.29, 0.717) is 13.0 Å². The first-order valence-corrected chi connectivity index (χ1v) is 7.30. The molecular formula is C14H26N2O3. The molecule has 3 unspecified atom stereocenters. The van der Waals surface area contributed by atoms with Crippen molar-refractivity contribution in [2.75, 3.05) is 6.54 Å². The van der Waals surface area contributed by atoms with Crippen LogP contribution in [0.25, 0.3) is 0 Å². The van der Waals surface area contributed by atoms with E-state index in [2.05, 4.69) is 5.32 Å². The Morgan fingerprint density at radius 3 is 2.63 bits per heavy atom. The number of carboxylic acid groups (broad SMARTS) is 1. The zero-order valence-electron chi connectivity index (χ0n) is 11.7. The molecule has 1 fully saturated rings. The Kier molecular flexibility index (Phi) is 6.84. The number of hydrogen-bond donors (Lipinski definition) is 3. The van der Waals surface area contributed by atoms with Crippen LogP contribution in [0.1, 0.15) is 51.9 Å². The minimum atomic E-state index is -0.863. The van der Waals surface area contributed by atoms with E-state index in [1.807, 2.05) is 6.92 Å². The summed E-state index contributed by atoms with van der Waals surface area (Å²) in [5.41, 5.74) is 5.73. The maximum absolute atomic E-state index is 12.3. The van der Waals surface area contributed by atoms with Crippen molar-refractivity contribution in [3.8, 4) is 0 Å². The molecule has 1 saturated carbocycles. The van der Waals surface area contributed by atoms with E-state index < -0.39 is 5.97 Å². The van der Waals surface area contributed by atoms with Gasteiger partial charge in [-0.25, -0.2) is 0 Å². The topological polar surface area (TPSA) is 92.4 Å². The van der Waals surface area contributed by atoms with Crippen molar-refractivity contribution in [3.63, 3.8) is 0 Å². The van der Waals surface area contributed by atoms with Crippen molar-refractivity contribution in [2.45, 2.75) is 57.9 Å². The molecule has 0 radical (unpaired) electrons. The van der Waals surface area contributed by atoms with Crippen LogP contribution in [0, 0.1) is 11.8 Å². The molecule has 4 N–H and O–H groups in total. The zero-order chi connectivity index (χ0) is 14.3. The van der Waals surface area contributed by atoms with Crippen LogP contribution in [-0.2, 0) is 9.59 Å². The largest absolute Gasteiger partial charge is 0.481 e. The van der Waals surface area contributed by atoms with E-state index in [4.69, 9.17) is 10.8 Å². The van der Waals surface area contributed by atoms with E-state index in [1.165, 1.54) is 0 Å². The van der Waals surface area contributed by atoms with Crippen LogP contribution >= 0.6 is 0 Å². The lowest BCUT2D eigenvalue weighted by Gasteiger charge is -2.31. The first-order chi connectivity index (χ1) is 9.08. The lowest BCUT2D eigenvalue weighted by molar-refractivity contribution is -0.138. The van der Waals surface area contributed by atoms with Gasteiger partial charge in [0.25, 0.3) is 0 Å². The Morgan fingerprint density at radius 2 is 2.05 bits per heavy atom. The van der Waals surface area contributed by atoms with Crippen LogP contribution in [0.4, 0.5) is 0 Å². The summed E-state index contributed by atoms with van der Waals surface area (Å²) in [5, 5.41) is 11.8. The molecule has 0 saturated heterocycles. The summed E-state index contributed by atoms with van der Waals surface area (Å²) in [6.45, 7) is 2.53. The molecule has 0 aromatic heterocycles. The van der Waals surface area contributed by atoms with Gasteiger partial charge in [0.2, 0.25) is 5.91 Å². The number of carbonyl (C=O) groups is 2. The third-order valence-electron chi connectivity index (χ3n) is 3.95. The van der Waals surface area contributed by atoms with Crippen molar-refractivity contribution in [1.29, 1.82) is 0 Å². The molecule has 0 spiro atoms. The van der Waals surface area contributed by atoms with Crippen LogP contribution in [-0.4, -0.2) is 29.6 Å². The number of hydrogen-bond acceptors (Lipinski definition) is 3. The second-order valence-electron chi connectivity index (χ2n) is 5.48. The average molecular weight is 270 g/mol. The maximum atomic E-state index is 12.3. The lowest BCUT2D eigenvalue weighted by Crippen LogP contribution is -2.44. The van der Waals surface area contributed by atoms with Crippen LogP contribution in [0.3, 0.4) is 0 Å². The SMILES string of the molecule is CCCC(CC(=O)O)NC(=O)C1CCCCC1CN. The smallest absolute Gasteiger partial charge is 0.305 e. The molecule has 1 aliphatic rings. The van der Waals surface area contributed by atoms with E-state index in [1.54, 1.807) is 0 Å². The number of aliphatic carboxylic acids is 1. The third kappa shape index (κ3) is 5.19. The number of nitrogens with one attached hydrogen (secondary N) is 1. The van der Waals surface area contributed by atoms with Crippen molar-refractivity contribution in [1.82, 2.24) is 5.32 Å². The van der Waals surface area contributed by atoms with Crippen molar-refractivity contribution < 1.29 is 14.7 Å². The molecule has 5 nitrogen and oxygen atoms in total. The molecule has 1 amide bonds. The fourth-order valence-electron chi connectivity index (χ4n) is 2.93. The molecule has 0 aliphatic heterocycles. The third-order valence-corrected chi connectivity index (χ3v) is 3.95. The fourth-order valence-corrected chi connectivity index (χ4v) is 2.93. The van der Waals surface area contributed by atoms with Crippen LogP contribution in [0.15, 0.2) is 0 Å². The van der Waals surface area contributed by atoms with Crippen molar-refractivity contribution in [2.24, 2.45) is 17.6 Å². The quantitative estimate of drug-likeness (QED) is 0.654. The van der Waals surface area contributed by atoms with Gasteiger partial charge in [-0.1, -0.05) is 26.2 Å². The van der Waals surface area contributed by atoms with Crippen LogP contribution in [0.5, 0.6) is 0 Å². The molecule has 0 bridgehead atoms. The van der Waals surface area contributed by atoms with Gasteiger partial charge in [0, 0.05) is 12.0 Å². The summed E-state index contributed by atoms with van der Waals surface area (Å²) in [6, 6.07) is -0.254. The number of carbonyl (C=O) groups excluding carboxylic acids is 1. The average Bonchev–Trinajstić information content (AvgIpc) is 2.38. The summed E-state index contributed by atoms with van der Waals surface area (Å²) in [4.78, 5) is 23.1. The van der Waals surface area contributed by atoms with Crippen LogP contribution in [0.2, 0.25) is 0 Å². The Hall–Kier alpha value is -1.10. The van der Waals surface area contributed by atoms with Crippen LogP contribution < -0.4 is 11.1 Å². The second-order valence-corrected chi connectivity index (χ2v) is 5.48. The van der Waals surface area contributed by atoms with Gasteiger partial charge in [-0.05, 0) is 31.7 Å². The zero-order valence-corrected chi connectivity index (χ0v) is 11.7. The highest BCUT2D eigenvalue weighted by Gasteiger charge is 2.31. The Morgan fingerprint density at radius 1 is 1.37 bits per heavy atom. The Labute approximate surface area is 114 Å². The molecule has 1 rings (SSSR count). The summed E-state index contributed by atoms with van der Waals surface area (Å²) in [7, 11) is 0. The molecule has 19 heavy (non-hydrogen) atoms. The second kappa shape index (κ2) is 8.15. The number of carboxylic acids is 1. The normalized spacial score (nSPS) is 24.7. The predicted molar refractivity (Wildman–Crippen MR) is 73.6 cm³/mol. The van der Waals surface area contributed by atoms with E-state index >= 15 is 0 Å². The van der Waals surface area contributed by atoms with Gasteiger partial charge in [0.05, 0.1) is 6.42 Å². The van der Waals surface area contributed by atoms with Crippen molar-refractivity contribution in [3.05, 3.63) is 0 Å². The van der Waals surface area contributed by atoms with Gasteiger partial charge in [0.15, 0.2) is 0 Å². The number of nitrogens with two attached hydrogens (primary N) is 1. The first kappa shape index (κ1) is 16.0. The Bertz CT molecular complexity index is 307. The van der Waals surface area contributed by atoms with Gasteiger partial charge in [-0.2, -0.15) is 0 Å². The maximum Gasteiger partial charge on any atom is 0.305 e. The lowest BCUT2D eigenvalue weighted by atomic mass is 9.78. The van der Waals surface area contributed by atoms with Gasteiger partial charge in [0.1, 0.15) is 0 Å². The van der Waals surface area contributed by atoms with Gasteiger partial charge < -0.3 is 16.2 Å². The van der Waals surface area contributed by atoms with Gasteiger partial charge in [-0.3, -0.25) is 9.59 Å². The minimum absolute atomic E-state index is 0.000405. The molecule has 110 valence electrons. The summed E-state index contributed by atoms with van der Waals surface area (Å²) in [5.74, 6) is -0.652. The molecule has 1 aliphatic carbocycles.